The summed E-state index contributed by atoms with van der Waals surface area (Å²) in [7, 11) is 1.62. The first-order valence-electron chi connectivity index (χ1n) is 8.31. The molecule has 1 N–H and O–H groups in total. The summed E-state index contributed by atoms with van der Waals surface area (Å²) in [6, 6.07) is 3.94. The van der Waals surface area contributed by atoms with Gasteiger partial charge < -0.3 is 14.5 Å². The first kappa shape index (κ1) is 18.0. The van der Waals surface area contributed by atoms with Gasteiger partial charge in [-0.3, -0.25) is 14.6 Å². The molecule has 0 bridgehead atoms. The minimum atomic E-state index is 0.0444. The molecule has 0 spiro atoms. The third-order valence-electron chi connectivity index (χ3n) is 4.02. The lowest BCUT2D eigenvalue weighted by atomic mass is 10.3. The van der Waals surface area contributed by atoms with Crippen LogP contribution in [0.5, 0.6) is 0 Å². The van der Waals surface area contributed by atoms with Gasteiger partial charge in [-0.1, -0.05) is 6.07 Å². The lowest BCUT2D eigenvalue weighted by molar-refractivity contribution is -0.122. The Balaban J connectivity index is 1.40. The summed E-state index contributed by atoms with van der Waals surface area (Å²) in [4.78, 5) is 17.2. The van der Waals surface area contributed by atoms with Gasteiger partial charge in [0.2, 0.25) is 11.8 Å². The van der Waals surface area contributed by atoms with Crippen molar-refractivity contribution < 1.29 is 13.9 Å². The Morgan fingerprint density at radius 1 is 1.32 bits per heavy atom. The number of amides is 1. The van der Waals surface area contributed by atoms with Crippen molar-refractivity contribution in [2.75, 3.05) is 53.0 Å². The molecule has 1 amide bonds. The van der Waals surface area contributed by atoms with Gasteiger partial charge >= 0.3 is 0 Å². The fourth-order valence-corrected chi connectivity index (χ4v) is 3.31. The van der Waals surface area contributed by atoms with Gasteiger partial charge in [0.25, 0.3) is 5.89 Å². The molecule has 0 unspecified atom stereocenters. The van der Waals surface area contributed by atoms with Crippen LogP contribution in [0.2, 0.25) is 0 Å². The van der Waals surface area contributed by atoms with E-state index in [1.807, 2.05) is 17.5 Å². The van der Waals surface area contributed by atoms with Crippen molar-refractivity contribution >= 4 is 17.2 Å². The number of ether oxygens (including phenoxy) is 1. The Kier molecular flexibility index (Phi) is 6.51. The van der Waals surface area contributed by atoms with Gasteiger partial charge in [-0.25, -0.2) is 0 Å². The first-order chi connectivity index (χ1) is 12.2. The highest BCUT2D eigenvalue weighted by atomic mass is 32.1. The van der Waals surface area contributed by atoms with Crippen LogP contribution in [0.15, 0.2) is 21.9 Å². The number of rotatable bonds is 8. The molecule has 0 radical (unpaired) electrons. The molecule has 0 atom stereocenters. The number of methoxy groups -OCH3 is 1. The van der Waals surface area contributed by atoms with Crippen LogP contribution in [0.4, 0.5) is 0 Å². The number of hydrogen-bond acceptors (Lipinski definition) is 8. The molecule has 0 saturated carbocycles. The lowest BCUT2D eigenvalue weighted by Gasteiger charge is -2.33. The molecule has 8 nitrogen and oxygen atoms in total. The number of carbonyl (C=O) groups excluding carboxylic acids is 1. The van der Waals surface area contributed by atoms with Crippen LogP contribution < -0.4 is 5.32 Å². The lowest BCUT2D eigenvalue weighted by Crippen LogP contribution is -2.49. The van der Waals surface area contributed by atoms with E-state index in [0.29, 0.717) is 38.0 Å². The Labute approximate surface area is 150 Å². The molecule has 2 aromatic rings. The highest BCUT2D eigenvalue weighted by Crippen LogP contribution is 2.23. The number of carbonyl (C=O) groups is 1. The maximum absolute atomic E-state index is 11.8. The van der Waals surface area contributed by atoms with E-state index in [2.05, 4.69) is 25.3 Å². The Bertz CT molecular complexity index is 653. The maximum atomic E-state index is 11.8. The zero-order valence-electron chi connectivity index (χ0n) is 14.3. The smallest absolute Gasteiger partial charge is 0.257 e. The van der Waals surface area contributed by atoms with E-state index < -0.39 is 0 Å². The van der Waals surface area contributed by atoms with E-state index in [9.17, 15) is 4.79 Å². The van der Waals surface area contributed by atoms with E-state index in [4.69, 9.17) is 9.15 Å². The summed E-state index contributed by atoms with van der Waals surface area (Å²) in [5.41, 5.74) is 0. The summed E-state index contributed by atoms with van der Waals surface area (Å²) < 4.78 is 10.7. The number of piperazine rings is 1. The van der Waals surface area contributed by atoms with Crippen LogP contribution in [0.1, 0.15) is 5.89 Å². The molecule has 1 fully saturated rings. The average Bonchev–Trinajstić information content (AvgIpc) is 3.28. The summed E-state index contributed by atoms with van der Waals surface area (Å²) in [5, 5.41) is 13.1. The van der Waals surface area contributed by atoms with Crippen LogP contribution in [0, 0.1) is 0 Å². The number of nitrogens with zero attached hydrogens (tertiary/aromatic N) is 4. The highest BCUT2D eigenvalue weighted by molar-refractivity contribution is 7.13. The molecule has 1 aliphatic rings. The summed E-state index contributed by atoms with van der Waals surface area (Å²) in [5.74, 6) is 1.26. The molecule has 2 aromatic heterocycles. The Hall–Kier alpha value is -1.81. The third-order valence-corrected chi connectivity index (χ3v) is 4.88. The molecule has 0 aliphatic carbocycles. The fourth-order valence-electron chi connectivity index (χ4n) is 2.67. The zero-order chi connectivity index (χ0) is 17.5. The molecular formula is C16H23N5O3S. The van der Waals surface area contributed by atoms with Crippen LogP contribution in [-0.2, 0) is 16.1 Å². The minimum absolute atomic E-state index is 0.0444. The Morgan fingerprint density at radius 3 is 2.84 bits per heavy atom. The molecule has 1 saturated heterocycles. The van der Waals surface area contributed by atoms with E-state index in [1.165, 1.54) is 0 Å². The van der Waals surface area contributed by atoms with Crippen molar-refractivity contribution in [3.8, 4) is 10.8 Å². The average molecular weight is 365 g/mol. The van der Waals surface area contributed by atoms with E-state index >= 15 is 0 Å². The van der Waals surface area contributed by atoms with E-state index in [-0.39, 0.29) is 5.91 Å². The van der Waals surface area contributed by atoms with Crippen molar-refractivity contribution in [3.05, 3.63) is 23.4 Å². The molecule has 1 aliphatic heterocycles. The predicted octanol–water partition coefficient (Wildman–Crippen LogP) is 0.678. The largest absolute Gasteiger partial charge is 0.419 e. The van der Waals surface area contributed by atoms with Crippen LogP contribution >= 0.6 is 11.3 Å². The van der Waals surface area contributed by atoms with Crippen LogP contribution in [0.3, 0.4) is 0 Å². The molecule has 3 heterocycles. The number of hydrogen-bond donors (Lipinski definition) is 1. The fraction of sp³-hybridized carbons (Fsp3) is 0.562. The van der Waals surface area contributed by atoms with Gasteiger partial charge in [0.05, 0.1) is 24.6 Å². The second kappa shape index (κ2) is 9.04. The number of nitrogens with one attached hydrogen (secondary N) is 1. The van der Waals surface area contributed by atoms with E-state index in [0.717, 1.165) is 31.1 Å². The third kappa shape index (κ3) is 5.33. The van der Waals surface area contributed by atoms with Gasteiger partial charge in [0.15, 0.2) is 0 Å². The molecule has 9 heteroatoms. The van der Waals surface area contributed by atoms with Crippen LogP contribution in [0.25, 0.3) is 10.8 Å². The van der Waals surface area contributed by atoms with Crippen molar-refractivity contribution in [2.24, 2.45) is 0 Å². The van der Waals surface area contributed by atoms with Crippen molar-refractivity contribution in [3.63, 3.8) is 0 Å². The molecule has 136 valence electrons. The molecule has 3 rings (SSSR count). The summed E-state index contributed by atoms with van der Waals surface area (Å²) in [6.07, 6.45) is 0. The quantitative estimate of drug-likeness (QED) is 0.689. The second-order valence-corrected chi connectivity index (χ2v) is 6.82. The zero-order valence-corrected chi connectivity index (χ0v) is 15.1. The minimum Gasteiger partial charge on any atom is -0.419 e. The van der Waals surface area contributed by atoms with Gasteiger partial charge in [-0.05, 0) is 11.4 Å². The number of thiophene rings is 1. The van der Waals surface area contributed by atoms with Crippen molar-refractivity contribution in [2.45, 2.75) is 6.54 Å². The van der Waals surface area contributed by atoms with Crippen molar-refractivity contribution in [1.82, 2.24) is 25.3 Å². The number of aromatic nitrogens is 2. The second-order valence-electron chi connectivity index (χ2n) is 5.87. The summed E-state index contributed by atoms with van der Waals surface area (Å²) in [6.45, 7) is 5.63. The standard InChI is InChI=1S/C16H23N5O3S/c1-23-9-4-17-14(22)11-20-5-7-21(8-6-20)12-15-18-19-16(24-15)13-3-2-10-25-13/h2-3,10H,4-9,11-12H2,1H3,(H,17,22). The van der Waals surface area contributed by atoms with Gasteiger partial charge in [-0.2, -0.15) is 0 Å². The first-order valence-corrected chi connectivity index (χ1v) is 9.19. The summed E-state index contributed by atoms with van der Waals surface area (Å²) >= 11 is 1.59. The van der Waals surface area contributed by atoms with Crippen LogP contribution in [-0.4, -0.2) is 78.9 Å². The topological polar surface area (TPSA) is 83.7 Å². The van der Waals surface area contributed by atoms with Gasteiger partial charge in [-0.15, -0.1) is 21.5 Å². The van der Waals surface area contributed by atoms with Crippen molar-refractivity contribution in [1.29, 1.82) is 0 Å². The maximum Gasteiger partial charge on any atom is 0.257 e. The van der Waals surface area contributed by atoms with Gasteiger partial charge in [0.1, 0.15) is 0 Å². The SMILES string of the molecule is COCCNC(=O)CN1CCN(Cc2nnc(-c3cccs3)o2)CC1. The van der Waals surface area contributed by atoms with Gasteiger partial charge in [0, 0.05) is 39.8 Å². The monoisotopic (exact) mass is 365 g/mol. The molecule has 25 heavy (non-hydrogen) atoms. The predicted molar refractivity (Wildman–Crippen MR) is 94.2 cm³/mol. The normalized spacial score (nSPS) is 16.2. The van der Waals surface area contributed by atoms with E-state index in [1.54, 1.807) is 18.4 Å². The Morgan fingerprint density at radius 2 is 2.12 bits per heavy atom. The molecule has 0 aromatic carbocycles. The molecular weight excluding hydrogens is 342 g/mol. The highest BCUT2D eigenvalue weighted by Gasteiger charge is 2.20.